The van der Waals surface area contributed by atoms with Gasteiger partial charge in [-0.05, 0) is 5.56 Å². The van der Waals surface area contributed by atoms with E-state index in [-0.39, 0.29) is 18.1 Å². The molecule has 0 radical (unpaired) electrons. The zero-order valence-corrected chi connectivity index (χ0v) is 10.7. The molecule has 1 fully saturated rings. The highest BCUT2D eigenvalue weighted by molar-refractivity contribution is 9.09. The normalized spacial score (nSPS) is 24.8. The zero-order chi connectivity index (χ0) is 11.5. The van der Waals surface area contributed by atoms with Crippen LogP contribution in [0.3, 0.4) is 0 Å². The first-order chi connectivity index (χ1) is 7.72. The Morgan fingerprint density at radius 2 is 2.19 bits per heavy atom. The van der Waals surface area contributed by atoms with Gasteiger partial charge in [0.2, 0.25) is 5.91 Å². The van der Waals surface area contributed by atoms with Crippen LogP contribution >= 0.6 is 15.9 Å². The van der Waals surface area contributed by atoms with Crippen molar-refractivity contribution in [3.8, 4) is 0 Å². The van der Waals surface area contributed by atoms with Crippen LogP contribution in [0.2, 0.25) is 0 Å². The van der Waals surface area contributed by atoms with Crippen molar-refractivity contribution in [2.75, 3.05) is 5.33 Å². The van der Waals surface area contributed by atoms with Crippen LogP contribution in [0.5, 0.6) is 0 Å². The SMILES string of the molecule is CC(=O)N1O[C@@H](c2ccccc2)C[C@H]1CBr. The molecule has 1 heterocycles. The first kappa shape index (κ1) is 11.6. The number of rotatable bonds is 2. The molecule has 2 rings (SSSR count). The highest BCUT2D eigenvalue weighted by Crippen LogP contribution is 2.33. The standard InChI is InChI=1S/C12H14BrNO2/c1-9(15)14-11(8-13)7-12(16-14)10-5-3-2-4-6-10/h2-6,11-12H,7-8H2,1H3/t11-,12+/m0/s1. The summed E-state index contributed by atoms with van der Waals surface area (Å²) < 4.78 is 0. The van der Waals surface area contributed by atoms with Crippen LogP contribution in [-0.4, -0.2) is 22.3 Å². The summed E-state index contributed by atoms with van der Waals surface area (Å²) in [6.45, 7) is 1.53. The fourth-order valence-corrected chi connectivity index (χ4v) is 2.46. The van der Waals surface area contributed by atoms with Crippen molar-refractivity contribution in [1.82, 2.24) is 5.06 Å². The van der Waals surface area contributed by atoms with E-state index in [9.17, 15) is 4.79 Å². The summed E-state index contributed by atoms with van der Waals surface area (Å²) in [5.74, 6) is -0.0390. The Kier molecular flexibility index (Phi) is 3.61. The third-order valence-corrected chi connectivity index (χ3v) is 3.47. The van der Waals surface area contributed by atoms with Gasteiger partial charge >= 0.3 is 0 Å². The van der Waals surface area contributed by atoms with E-state index < -0.39 is 0 Å². The van der Waals surface area contributed by atoms with Crippen molar-refractivity contribution < 1.29 is 9.63 Å². The first-order valence-corrected chi connectivity index (χ1v) is 6.42. The van der Waals surface area contributed by atoms with Gasteiger partial charge < -0.3 is 0 Å². The summed E-state index contributed by atoms with van der Waals surface area (Å²) in [6.07, 6.45) is 0.835. The zero-order valence-electron chi connectivity index (χ0n) is 9.10. The molecule has 0 aromatic heterocycles. The number of hydrogen-bond acceptors (Lipinski definition) is 2. The molecule has 0 aliphatic carbocycles. The summed E-state index contributed by atoms with van der Waals surface area (Å²) in [5, 5.41) is 2.22. The van der Waals surface area contributed by atoms with Gasteiger partial charge in [-0.15, -0.1) is 0 Å². The molecule has 1 aliphatic rings. The molecular formula is C12H14BrNO2. The predicted molar refractivity (Wildman–Crippen MR) is 65.0 cm³/mol. The lowest BCUT2D eigenvalue weighted by Gasteiger charge is -2.19. The van der Waals surface area contributed by atoms with Crippen molar-refractivity contribution in [3.05, 3.63) is 35.9 Å². The average Bonchev–Trinajstić information content (AvgIpc) is 2.74. The molecular weight excluding hydrogens is 270 g/mol. The van der Waals surface area contributed by atoms with E-state index in [0.717, 1.165) is 17.3 Å². The van der Waals surface area contributed by atoms with Gasteiger partial charge in [-0.1, -0.05) is 46.3 Å². The molecule has 0 bridgehead atoms. The number of benzene rings is 1. The summed E-state index contributed by atoms with van der Waals surface area (Å²) in [7, 11) is 0. The number of halogens is 1. The minimum atomic E-state index is -0.0390. The molecule has 1 aromatic carbocycles. The smallest absolute Gasteiger partial charge is 0.243 e. The fourth-order valence-electron chi connectivity index (χ4n) is 1.93. The highest BCUT2D eigenvalue weighted by Gasteiger charge is 2.35. The number of hydroxylamine groups is 2. The molecule has 4 heteroatoms. The predicted octanol–water partition coefficient (Wildman–Crippen LogP) is 2.68. The van der Waals surface area contributed by atoms with Crippen LogP contribution in [0, 0.1) is 0 Å². The second-order valence-electron chi connectivity index (χ2n) is 3.89. The van der Waals surface area contributed by atoms with Crippen molar-refractivity contribution in [3.63, 3.8) is 0 Å². The maximum Gasteiger partial charge on any atom is 0.243 e. The Labute approximate surface area is 103 Å². The molecule has 1 amide bonds. The number of nitrogens with zero attached hydrogens (tertiary/aromatic N) is 1. The van der Waals surface area contributed by atoms with Gasteiger partial charge in [0.1, 0.15) is 6.10 Å². The Hall–Kier alpha value is -0.870. The number of alkyl halides is 1. The van der Waals surface area contributed by atoms with Crippen LogP contribution in [0.1, 0.15) is 25.0 Å². The fraction of sp³-hybridized carbons (Fsp3) is 0.417. The molecule has 0 spiro atoms. The van der Waals surface area contributed by atoms with Gasteiger partial charge in [-0.25, -0.2) is 5.06 Å². The molecule has 1 aliphatic heterocycles. The van der Waals surface area contributed by atoms with E-state index in [0.29, 0.717) is 0 Å². The Morgan fingerprint density at radius 3 is 2.69 bits per heavy atom. The maximum atomic E-state index is 11.4. The van der Waals surface area contributed by atoms with E-state index in [1.54, 1.807) is 0 Å². The maximum absolute atomic E-state index is 11.4. The Balaban J connectivity index is 2.14. The lowest BCUT2D eigenvalue weighted by molar-refractivity contribution is -0.184. The molecule has 2 atom stereocenters. The minimum absolute atomic E-state index is 0.00681. The largest absolute Gasteiger partial charge is 0.273 e. The van der Waals surface area contributed by atoms with E-state index in [1.165, 1.54) is 12.0 Å². The summed E-state index contributed by atoms with van der Waals surface area (Å²) >= 11 is 3.41. The molecule has 1 aromatic rings. The van der Waals surface area contributed by atoms with Crippen LogP contribution in [-0.2, 0) is 9.63 Å². The van der Waals surface area contributed by atoms with Gasteiger partial charge in [0.25, 0.3) is 0 Å². The summed E-state index contributed by atoms with van der Waals surface area (Å²) in [6, 6.07) is 10.1. The molecule has 0 saturated carbocycles. The lowest BCUT2D eigenvalue weighted by Crippen LogP contribution is -2.33. The number of hydrogen-bond donors (Lipinski definition) is 0. The second-order valence-corrected chi connectivity index (χ2v) is 4.54. The third-order valence-electron chi connectivity index (χ3n) is 2.72. The third kappa shape index (κ3) is 2.28. The van der Waals surface area contributed by atoms with Gasteiger partial charge in [-0.2, -0.15) is 0 Å². The Morgan fingerprint density at radius 1 is 1.50 bits per heavy atom. The lowest BCUT2D eigenvalue weighted by atomic mass is 10.0. The van der Waals surface area contributed by atoms with E-state index in [2.05, 4.69) is 15.9 Å². The van der Waals surface area contributed by atoms with E-state index >= 15 is 0 Å². The molecule has 0 N–H and O–H groups in total. The van der Waals surface area contributed by atoms with Gasteiger partial charge in [0, 0.05) is 18.7 Å². The molecule has 16 heavy (non-hydrogen) atoms. The number of amides is 1. The molecule has 86 valence electrons. The van der Waals surface area contributed by atoms with Crippen molar-refractivity contribution >= 4 is 21.8 Å². The highest BCUT2D eigenvalue weighted by atomic mass is 79.9. The van der Waals surface area contributed by atoms with Crippen molar-refractivity contribution in [2.45, 2.75) is 25.5 Å². The van der Waals surface area contributed by atoms with E-state index in [4.69, 9.17) is 4.84 Å². The minimum Gasteiger partial charge on any atom is -0.273 e. The van der Waals surface area contributed by atoms with Crippen LogP contribution in [0.25, 0.3) is 0 Å². The Bertz CT molecular complexity index is 369. The molecule has 3 nitrogen and oxygen atoms in total. The number of carbonyl (C=O) groups excluding carboxylic acids is 1. The summed E-state index contributed by atoms with van der Waals surface area (Å²) in [4.78, 5) is 17.0. The van der Waals surface area contributed by atoms with Crippen LogP contribution < -0.4 is 0 Å². The molecule has 1 saturated heterocycles. The van der Waals surface area contributed by atoms with E-state index in [1.807, 2.05) is 30.3 Å². The number of carbonyl (C=O) groups is 1. The van der Waals surface area contributed by atoms with Crippen LogP contribution in [0.4, 0.5) is 0 Å². The molecule has 0 unspecified atom stereocenters. The summed E-state index contributed by atoms with van der Waals surface area (Å²) in [5.41, 5.74) is 1.12. The van der Waals surface area contributed by atoms with Gasteiger partial charge in [0.05, 0.1) is 6.04 Å². The van der Waals surface area contributed by atoms with Crippen molar-refractivity contribution in [1.29, 1.82) is 0 Å². The van der Waals surface area contributed by atoms with Crippen LogP contribution in [0.15, 0.2) is 30.3 Å². The average molecular weight is 284 g/mol. The monoisotopic (exact) mass is 283 g/mol. The quantitative estimate of drug-likeness (QED) is 0.781. The first-order valence-electron chi connectivity index (χ1n) is 5.30. The topological polar surface area (TPSA) is 29.5 Å². The van der Waals surface area contributed by atoms with Gasteiger partial charge in [0.15, 0.2) is 0 Å². The second kappa shape index (κ2) is 4.97. The van der Waals surface area contributed by atoms with Crippen molar-refractivity contribution in [2.24, 2.45) is 0 Å². The van der Waals surface area contributed by atoms with Gasteiger partial charge in [-0.3, -0.25) is 9.63 Å².